The summed E-state index contributed by atoms with van der Waals surface area (Å²) in [6.45, 7) is 4.75. The molecule has 1 amide bonds. The van der Waals surface area contributed by atoms with Crippen molar-refractivity contribution in [3.8, 4) is 11.5 Å². The largest absolute Gasteiger partial charge is 0.486 e. The van der Waals surface area contributed by atoms with E-state index in [-0.39, 0.29) is 30.5 Å². The fourth-order valence-corrected chi connectivity index (χ4v) is 3.20. The van der Waals surface area contributed by atoms with Gasteiger partial charge < -0.3 is 24.8 Å². The molecule has 23 heavy (non-hydrogen) atoms. The van der Waals surface area contributed by atoms with Crippen LogP contribution >= 0.6 is 28.3 Å². The molecule has 0 bridgehead atoms. The van der Waals surface area contributed by atoms with Gasteiger partial charge >= 0.3 is 0 Å². The molecule has 1 saturated heterocycles. The lowest BCUT2D eigenvalue weighted by atomic mass is 10.1. The number of carbonyl (C=O) groups is 1. The highest BCUT2D eigenvalue weighted by Gasteiger charge is 2.28. The normalized spacial score (nSPS) is 22.9. The minimum atomic E-state index is -0.311. The van der Waals surface area contributed by atoms with Gasteiger partial charge in [0.25, 0.3) is 0 Å². The van der Waals surface area contributed by atoms with Crippen LogP contribution in [0.3, 0.4) is 0 Å². The molecule has 2 aliphatic heterocycles. The fourth-order valence-electron chi connectivity index (χ4n) is 2.59. The number of ether oxygens (including phenoxy) is 3. The van der Waals surface area contributed by atoms with Crippen molar-refractivity contribution in [2.45, 2.75) is 25.6 Å². The van der Waals surface area contributed by atoms with Crippen molar-refractivity contribution < 1.29 is 19.0 Å². The number of halogens is 2. The number of amides is 1. The summed E-state index contributed by atoms with van der Waals surface area (Å²) in [5.41, 5.74) is 0.953. The van der Waals surface area contributed by atoms with E-state index in [1.807, 2.05) is 19.1 Å². The van der Waals surface area contributed by atoms with E-state index in [0.717, 1.165) is 15.8 Å². The van der Waals surface area contributed by atoms with E-state index >= 15 is 0 Å². The van der Waals surface area contributed by atoms with Crippen molar-refractivity contribution in [2.75, 3.05) is 26.4 Å². The van der Waals surface area contributed by atoms with Gasteiger partial charge in [-0.15, -0.1) is 12.4 Å². The summed E-state index contributed by atoms with van der Waals surface area (Å²) in [5.74, 6) is 1.37. The monoisotopic (exact) mass is 406 g/mol. The first kappa shape index (κ1) is 18.3. The van der Waals surface area contributed by atoms with E-state index in [2.05, 4.69) is 26.6 Å². The van der Waals surface area contributed by atoms with Crippen LogP contribution in [0.1, 0.15) is 12.5 Å². The van der Waals surface area contributed by atoms with Crippen LogP contribution in [0.4, 0.5) is 0 Å². The lowest BCUT2D eigenvalue weighted by Crippen LogP contribution is -2.55. The molecule has 0 saturated carbocycles. The highest BCUT2D eigenvalue weighted by atomic mass is 79.9. The molecule has 2 N–H and O–H groups in total. The molecule has 2 heterocycles. The number of hydrogen-bond donors (Lipinski definition) is 2. The minimum absolute atomic E-state index is 0. The molecule has 0 aliphatic carbocycles. The molecule has 0 spiro atoms. The van der Waals surface area contributed by atoms with E-state index in [1.165, 1.54) is 0 Å². The zero-order valence-corrected chi connectivity index (χ0v) is 15.2. The van der Waals surface area contributed by atoms with Crippen molar-refractivity contribution in [3.05, 3.63) is 22.2 Å². The van der Waals surface area contributed by atoms with Crippen molar-refractivity contribution in [3.63, 3.8) is 0 Å². The first-order chi connectivity index (χ1) is 10.6. The maximum absolute atomic E-state index is 12.2. The number of morpholine rings is 1. The number of hydrogen-bond acceptors (Lipinski definition) is 5. The second-order valence-electron chi connectivity index (χ2n) is 5.33. The maximum atomic E-state index is 12.2. The molecule has 0 aromatic heterocycles. The molecule has 128 valence electrons. The van der Waals surface area contributed by atoms with E-state index in [4.69, 9.17) is 14.2 Å². The summed E-state index contributed by atoms with van der Waals surface area (Å²) in [6, 6.07) is 3.52. The third-order valence-electron chi connectivity index (χ3n) is 3.72. The van der Waals surface area contributed by atoms with E-state index in [9.17, 15) is 4.79 Å². The molecule has 2 atom stereocenters. The Kier molecular flexibility index (Phi) is 6.52. The summed E-state index contributed by atoms with van der Waals surface area (Å²) in [5, 5.41) is 6.11. The van der Waals surface area contributed by atoms with Crippen LogP contribution in [-0.4, -0.2) is 44.4 Å². The Hall–Kier alpha value is -1.02. The van der Waals surface area contributed by atoms with Gasteiger partial charge in [-0.3, -0.25) is 4.79 Å². The van der Waals surface area contributed by atoms with Crippen LogP contribution in [0.25, 0.3) is 0 Å². The molecule has 8 heteroatoms. The second kappa shape index (κ2) is 8.19. The van der Waals surface area contributed by atoms with Gasteiger partial charge in [-0.1, -0.05) is 0 Å². The lowest BCUT2D eigenvalue weighted by Gasteiger charge is -2.29. The third-order valence-corrected chi connectivity index (χ3v) is 4.31. The molecular formula is C15H20BrClN2O4. The Labute approximate surface area is 149 Å². The summed E-state index contributed by atoms with van der Waals surface area (Å²) in [4.78, 5) is 12.2. The van der Waals surface area contributed by atoms with Crippen LogP contribution in [0, 0.1) is 0 Å². The van der Waals surface area contributed by atoms with Gasteiger partial charge in [0.2, 0.25) is 5.91 Å². The smallest absolute Gasteiger partial charge is 0.240 e. The number of benzene rings is 1. The highest BCUT2D eigenvalue weighted by molar-refractivity contribution is 9.10. The van der Waals surface area contributed by atoms with Crippen LogP contribution in [0.2, 0.25) is 0 Å². The van der Waals surface area contributed by atoms with Crippen LogP contribution in [0.5, 0.6) is 11.5 Å². The van der Waals surface area contributed by atoms with E-state index in [0.29, 0.717) is 38.7 Å². The lowest BCUT2D eigenvalue weighted by molar-refractivity contribution is -0.129. The van der Waals surface area contributed by atoms with Crippen LogP contribution in [0.15, 0.2) is 16.6 Å². The topological polar surface area (TPSA) is 68.8 Å². The van der Waals surface area contributed by atoms with E-state index in [1.54, 1.807) is 0 Å². The van der Waals surface area contributed by atoms with Gasteiger partial charge in [0, 0.05) is 13.1 Å². The molecule has 1 aromatic carbocycles. The van der Waals surface area contributed by atoms with Gasteiger partial charge in [0.15, 0.2) is 11.5 Å². The zero-order chi connectivity index (χ0) is 15.5. The highest BCUT2D eigenvalue weighted by Crippen LogP contribution is 2.38. The Bertz CT molecular complexity index is 573. The fraction of sp³-hybridized carbons (Fsp3) is 0.533. The standard InChI is InChI=1S/C15H19BrN2O4.ClH/c1-9-13(17-2-3-20-9)15(19)18-8-10-6-11(16)14-12(7-10)21-4-5-22-14;/h6-7,9,13,17H,2-5,8H2,1H3,(H,18,19);1H/t9-,13+;/m1./s1. The van der Waals surface area contributed by atoms with Crippen molar-refractivity contribution in [2.24, 2.45) is 0 Å². The Morgan fingerprint density at radius 3 is 2.91 bits per heavy atom. The molecule has 1 fully saturated rings. The predicted molar refractivity (Wildman–Crippen MR) is 91.4 cm³/mol. The summed E-state index contributed by atoms with van der Waals surface area (Å²) < 4.78 is 17.5. The summed E-state index contributed by atoms with van der Waals surface area (Å²) >= 11 is 3.48. The van der Waals surface area contributed by atoms with E-state index < -0.39 is 0 Å². The number of rotatable bonds is 3. The van der Waals surface area contributed by atoms with Gasteiger partial charge in [0.05, 0.1) is 17.2 Å². The molecular weight excluding hydrogens is 388 g/mol. The van der Waals surface area contributed by atoms with Gasteiger partial charge in [-0.05, 0) is 40.5 Å². The Morgan fingerprint density at radius 1 is 1.35 bits per heavy atom. The quantitative estimate of drug-likeness (QED) is 0.797. The van der Waals surface area contributed by atoms with Crippen molar-refractivity contribution >= 4 is 34.2 Å². The average Bonchev–Trinajstić information content (AvgIpc) is 2.53. The second-order valence-corrected chi connectivity index (χ2v) is 6.18. The summed E-state index contributed by atoms with van der Waals surface area (Å²) in [6.07, 6.45) is -0.124. The summed E-state index contributed by atoms with van der Waals surface area (Å²) in [7, 11) is 0. The first-order valence-electron chi connectivity index (χ1n) is 7.36. The molecule has 3 rings (SSSR count). The number of carbonyl (C=O) groups excluding carboxylic acids is 1. The molecule has 2 aliphatic rings. The maximum Gasteiger partial charge on any atom is 0.240 e. The van der Waals surface area contributed by atoms with Gasteiger partial charge in [-0.2, -0.15) is 0 Å². The number of fused-ring (bicyclic) bond motifs is 1. The first-order valence-corrected chi connectivity index (χ1v) is 8.15. The molecule has 6 nitrogen and oxygen atoms in total. The van der Waals surface area contributed by atoms with Crippen molar-refractivity contribution in [1.82, 2.24) is 10.6 Å². The molecule has 0 unspecified atom stereocenters. The molecule has 1 aromatic rings. The third kappa shape index (κ3) is 4.29. The zero-order valence-electron chi connectivity index (χ0n) is 12.8. The SMILES string of the molecule is C[C@H]1OCCN[C@@H]1C(=O)NCc1cc(Br)c2c(c1)OCCO2.Cl. The predicted octanol–water partition coefficient (Wildman–Crippen LogP) is 1.64. The van der Waals surface area contributed by atoms with Gasteiger partial charge in [0.1, 0.15) is 19.3 Å². The number of nitrogens with one attached hydrogen (secondary N) is 2. The molecule has 0 radical (unpaired) electrons. The van der Waals surface area contributed by atoms with Crippen LogP contribution in [-0.2, 0) is 16.1 Å². The Morgan fingerprint density at radius 2 is 2.13 bits per heavy atom. The average molecular weight is 408 g/mol. The van der Waals surface area contributed by atoms with Crippen LogP contribution < -0.4 is 20.1 Å². The van der Waals surface area contributed by atoms with Crippen molar-refractivity contribution in [1.29, 1.82) is 0 Å². The minimum Gasteiger partial charge on any atom is -0.486 e. The Balaban J connectivity index is 0.00000192. The van der Waals surface area contributed by atoms with Gasteiger partial charge in [-0.25, -0.2) is 0 Å².